The molecule has 0 aliphatic carbocycles. The lowest BCUT2D eigenvalue weighted by atomic mass is 10.1. The Morgan fingerprint density at radius 1 is 0.692 bits per heavy atom. The normalized spacial score (nSPS) is 11.0. The molecule has 39 heavy (non-hydrogen) atoms. The Balaban J connectivity index is 0.000000691. The van der Waals surface area contributed by atoms with Crippen molar-refractivity contribution in [3.8, 4) is 0 Å². The van der Waals surface area contributed by atoms with Crippen molar-refractivity contribution < 1.29 is 28.6 Å². The first-order valence-corrected chi connectivity index (χ1v) is 13.8. The first-order chi connectivity index (χ1) is 18.0. The molecule has 0 fully saturated rings. The van der Waals surface area contributed by atoms with Crippen molar-refractivity contribution in [2.24, 2.45) is 0 Å². The third kappa shape index (κ3) is 21.6. The minimum atomic E-state index is -0.497. The van der Waals surface area contributed by atoms with Gasteiger partial charge in [-0.25, -0.2) is 14.4 Å². The second kappa shape index (κ2) is 18.3. The molecule has 0 atom stereocenters. The van der Waals surface area contributed by atoms with Gasteiger partial charge in [0.15, 0.2) is 0 Å². The van der Waals surface area contributed by atoms with E-state index in [-0.39, 0.29) is 17.9 Å². The topological polar surface area (TPSA) is 78.9 Å². The van der Waals surface area contributed by atoms with Crippen LogP contribution in [0.2, 0.25) is 0 Å². The molecule has 0 radical (unpaired) electrons. The average Bonchev–Trinajstić information content (AvgIpc) is 2.83. The van der Waals surface area contributed by atoms with Crippen molar-refractivity contribution >= 4 is 61.9 Å². The van der Waals surface area contributed by atoms with E-state index in [0.29, 0.717) is 6.61 Å². The molecule has 0 spiro atoms. The molecule has 212 valence electrons. The molecule has 0 heterocycles. The van der Waals surface area contributed by atoms with Gasteiger partial charge in [-0.2, -0.15) is 0 Å². The summed E-state index contributed by atoms with van der Waals surface area (Å²) in [6, 6.07) is 15.4. The minimum Gasteiger partial charge on any atom is -0.463 e. The Kier molecular flexibility index (Phi) is 16.9. The molecule has 0 saturated carbocycles. The van der Waals surface area contributed by atoms with Crippen LogP contribution < -0.4 is 0 Å². The van der Waals surface area contributed by atoms with Gasteiger partial charge in [0, 0.05) is 27.2 Å². The summed E-state index contributed by atoms with van der Waals surface area (Å²) < 4.78 is 17.0. The molecule has 2 aromatic rings. The molecule has 0 aliphatic rings. The Morgan fingerprint density at radius 2 is 1.05 bits per heavy atom. The van der Waals surface area contributed by atoms with Gasteiger partial charge in [-0.15, -0.1) is 0 Å². The number of halogens is 2. The second-order valence-electron chi connectivity index (χ2n) is 9.79. The molecule has 0 bridgehead atoms. The Bertz CT molecular complexity index is 1080. The van der Waals surface area contributed by atoms with Gasteiger partial charge in [-0.1, -0.05) is 62.7 Å². The van der Waals surface area contributed by atoms with E-state index < -0.39 is 11.2 Å². The van der Waals surface area contributed by atoms with E-state index in [9.17, 15) is 14.4 Å². The molecule has 0 unspecified atom stereocenters. The van der Waals surface area contributed by atoms with E-state index in [4.69, 9.17) is 14.2 Å². The van der Waals surface area contributed by atoms with Crippen molar-refractivity contribution in [3.05, 3.63) is 93.4 Å². The summed E-state index contributed by atoms with van der Waals surface area (Å²) >= 11 is 6.65. The van der Waals surface area contributed by atoms with Crippen LogP contribution in [0.25, 0.3) is 12.2 Å². The van der Waals surface area contributed by atoms with Gasteiger partial charge >= 0.3 is 17.9 Å². The highest BCUT2D eigenvalue weighted by molar-refractivity contribution is 9.11. The van der Waals surface area contributed by atoms with Gasteiger partial charge < -0.3 is 14.2 Å². The van der Waals surface area contributed by atoms with Crippen LogP contribution in [0.1, 0.15) is 59.6 Å². The zero-order valence-electron chi connectivity index (χ0n) is 23.6. The average molecular weight is 666 g/mol. The van der Waals surface area contributed by atoms with Crippen LogP contribution in [-0.4, -0.2) is 35.7 Å². The predicted molar refractivity (Wildman–Crippen MR) is 165 cm³/mol. The Morgan fingerprint density at radius 3 is 1.36 bits per heavy atom. The van der Waals surface area contributed by atoms with E-state index in [1.165, 1.54) is 12.2 Å². The SMILES string of the molecule is Brc1ccc(Br)cc1.C=CC(=O)OC(C)(C)C.CCOC(=O)/C=C/c1ccc(C=CC(=O)OC(C)(C)C)cc1. The third-order valence-electron chi connectivity index (χ3n) is 3.83. The maximum absolute atomic E-state index is 11.6. The highest BCUT2D eigenvalue weighted by atomic mass is 79.9. The zero-order chi connectivity index (χ0) is 30.1. The summed E-state index contributed by atoms with van der Waals surface area (Å²) in [5, 5.41) is 0. The van der Waals surface area contributed by atoms with Crippen LogP contribution in [-0.2, 0) is 28.6 Å². The highest BCUT2D eigenvalue weighted by Gasteiger charge is 2.14. The smallest absolute Gasteiger partial charge is 0.331 e. The van der Waals surface area contributed by atoms with Crippen LogP contribution in [0.5, 0.6) is 0 Å². The van der Waals surface area contributed by atoms with Gasteiger partial charge in [0.05, 0.1) is 6.61 Å². The fourth-order valence-corrected chi connectivity index (χ4v) is 2.87. The quantitative estimate of drug-likeness (QED) is 0.175. The molecule has 8 heteroatoms. The number of carbonyl (C=O) groups excluding carboxylic acids is 3. The molecule has 2 aromatic carbocycles. The van der Waals surface area contributed by atoms with E-state index in [1.54, 1.807) is 19.1 Å². The molecule has 2 rings (SSSR count). The summed E-state index contributed by atoms with van der Waals surface area (Å²) in [6.07, 6.45) is 7.31. The lowest BCUT2D eigenvalue weighted by molar-refractivity contribution is -0.149. The third-order valence-corrected chi connectivity index (χ3v) is 4.89. The first kappa shape index (κ1) is 36.0. The summed E-state index contributed by atoms with van der Waals surface area (Å²) in [6.45, 7) is 16.3. The molecule has 0 saturated heterocycles. The van der Waals surface area contributed by atoms with Crippen molar-refractivity contribution in [3.63, 3.8) is 0 Å². The zero-order valence-corrected chi connectivity index (χ0v) is 26.8. The second-order valence-corrected chi connectivity index (χ2v) is 11.6. The predicted octanol–water partition coefficient (Wildman–Crippen LogP) is 8.34. The molecule has 0 amide bonds. The number of hydrogen-bond donors (Lipinski definition) is 0. The number of hydrogen-bond acceptors (Lipinski definition) is 6. The van der Waals surface area contributed by atoms with Crippen LogP contribution in [0, 0.1) is 0 Å². The van der Waals surface area contributed by atoms with Crippen LogP contribution >= 0.6 is 31.9 Å². The first-order valence-electron chi connectivity index (χ1n) is 12.2. The van der Waals surface area contributed by atoms with Gasteiger partial charge in [-0.3, -0.25) is 0 Å². The van der Waals surface area contributed by atoms with Crippen molar-refractivity contribution in [1.82, 2.24) is 0 Å². The maximum Gasteiger partial charge on any atom is 0.331 e. The minimum absolute atomic E-state index is 0.359. The Hall–Kier alpha value is -2.97. The molecule has 0 aliphatic heterocycles. The summed E-state index contributed by atoms with van der Waals surface area (Å²) in [5.41, 5.74) is 0.857. The van der Waals surface area contributed by atoms with Gasteiger partial charge in [0.1, 0.15) is 11.2 Å². The van der Waals surface area contributed by atoms with E-state index in [1.807, 2.05) is 90.1 Å². The van der Waals surface area contributed by atoms with Crippen LogP contribution in [0.15, 0.2) is 82.3 Å². The van der Waals surface area contributed by atoms with Crippen LogP contribution in [0.4, 0.5) is 0 Å². The van der Waals surface area contributed by atoms with Gasteiger partial charge in [0.2, 0.25) is 0 Å². The largest absolute Gasteiger partial charge is 0.463 e. The summed E-state index contributed by atoms with van der Waals surface area (Å²) in [5.74, 6) is -1.11. The summed E-state index contributed by atoms with van der Waals surface area (Å²) in [4.78, 5) is 33.3. The summed E-state index contributed by atoms with van der Waals surface area (Å²) in [7, 11) is 0. The molecular weight excluding hydrogens is 628 g/mol. The lowest BCUT2D eigenvalue weighted by Crippen LogP contribution is -2.22. The molecular formula is C31H38Br2O6. The van der Waals surface area contributed by atoms with Gasteiger partial charge in [0.25, 0.3) is 0 Å². The number of rotatable bonds is 6. The van der Waals surface area contributed by atoms with Crippen LogP contribution in [0.3, 0.4) is 0 Å². The maximum atomic E-state index is 11.6. The Labute approximate surface area is 249 Å². The van der Waals surface area contributed by atoms with Crippen molar-refractivity contribution in [2.45, 2.75) is 59.7 Å². The van der Waals surface area contributed by atoms with Gasteiger partial charge in [-0.05, 0) is 96.0 Å². The van der Waals surface area contributed by atoms with E-state index >= 15 is 0 Å². The number of benzene rings is 2. The van der Waals surface area contributed by atoms with Crippen molar-refractivity contribution in [2.75, 3.05) is 6.61 Å². The fraction of sp³-hybridized carbons (Fsp3) is 0.323. The number of carbonyl (C=O) groups is 3. The van der Waals surface area contributed by atoms with Crippen molar-refractivity contribution in [1.29, 1.82) is 0 Å². The number of ether oxygens (including phenoxy) is 3. The highest BCUT2D eigenvalue weighted by Crippen LogP contribution is 2.14. The monoisotopic (exact) mass is 664 g/mol. The lowest BCUT2D eigenvalue weighted by Gasteiger charge is -2.17. The fourth-order valence-electron chi connectivity index (χ4n) is 2.35. The molecule has 0 N–H and O–H groups in total. The van der Waals surface area contributed by atoms with E-state index in [2.05, 4.69) is 38.4 Å². The van der Waals surface area contributed by atoms with E-state index in [0.717, 1.165) is 26.1 Å². The molecule has 0 aromatic heterocycles. The number of esters is 3. The standard InChI is InChI=1S/C18H22O4.C7H12O2.C6H4Br2/c1-5-21-16(19)12-10-14-6-8-15(9-7-14)11-13-17(20)22-18(2,3)4;1-5-6(8)9-7(2,3)4;7-5-1-2-6(8)4-3-5/h6-13H,5H2,1-4H3;5H,1H2,2-4H3;1-4H/b12-10+,13-11?;;. The molecule has 6 nitrogen and oxygen atoms in total.